The highest BCUT2D eigenvalue weighted by Gasteiger charge is 2.09. The van der Waals surface area contributed by atoms with Crippen molar-refractivity contribution in [1.29, 1.82) is 0 Å². The van der Waals surface area contributed by atoms with E-state index in [2.05, 4.69) is 0 Å². The zero-order valence-electron chi connectivity index (χ0n) is 6.97. The van der Waals surface area contributed by atoms with E-state index in [1.54, 1.807) is 0 Å². The van der Waals surface area contributed by atoms with Crippen LogP contribution in [0.5, 0.6) is 0 Å². The molecule has 0 aliphatic rings. The maximum Gasteiger partial charge on any atom is 0.270 e. The lowest BCUT2D eigenvalue weighted by molar-refractivity contribution is -0.384. The molecule has 0 bridgehead atoms. The van der Waals surface area contributed by atoms with E-state index in [-0.39, 0.29) is 11.4 Å². The van der Waals surface area contributed by atoms with Gasteiger partial charge in [0.1, 0.15) is 5.58 Å². The fourth-order valence-corrected chi connectivity index (χ4v) is 1.22. The Morgan fingerprint density at radius 2 is 2.14 bits per heavy atom. The number of benzene rings is 1. The summed E-state index contributed by atoms with van der Waals surface area (Å²) in [5.41, 5.74) is 0.452. The first-order valence-electron chi connectivity index (χ1n) is 3.84. The molecule has 1 aromatic carbocycles. The highest BCUT2D eigenvalue weighted by molar-refractivity contribution is 5.86. The van der Waals surface area contributed by atoms with E-state index in [1.807, 2.05) is 0 Å². The van der Waals surface area contributed by atoms with Crippen LogP contribution in [0.1, 0.15) is 10.6 Å². The van der Waals surface area contributed by atoms with Gasteiger partial charge in [0.2, 0.25) is 0 Å². The van der Waals surface area contributed by atoms with Crippen LogP contribution in [0.4, 0.5) is 5.69 Å². The summed E-state index contributed by atoms with van der Waals surface area (Å²) >= 11 is 0. The lowest BCUT2D eigenvalue weighted by Gasteiger charge is -1.89. The predicted octanol–water partition coefficient (Wildman–Crippen LogP) is 2.15. The fraction of sp³-hybridized carbons (Fsp3) is 0. The van der Waals surface area contributed by atoms with Gasteiger partial charge in [-0.1, -0.05) is 0 Å². The van der Waals surface area contributed by atoms with E-state index in [4.69, 9.17) is 4.42 Å². The number of hydrogen-bond acceptors (Lipinski definition) is 4. The van der Waals surface area contributed by atoms with Crippen molar-refractivity contribution in [3.63, 3.8) is 0 Å². The van der Waals surface area contributed by atoms with Gasteiger partial charge < -0.3 is 4.42 Å². The predicted molar refractivity (Wildman–Crippen MR) is 48.3 cm³/mol. The van der Waals surface area contributed by atoms with Gasteiger partial charge in [0.25, 0.3) is 5.69 Å². The van der Waals surface area contributed by atoms with Crippen LogP contribution < -0.4 is 0 Å². The van der Waals surface area contributed by atoms with Crippen molar-refractivity contribution in [3.05, 3.63) is 40.1 Å². The zero-order valence-corrected chi connectivity index (χ0v) is 6.97. The summed E-state index contributed by atoms with van der Waals surface area (Å²) in [6.07, 6.45) is 0.561. The minimum atomic E-state index is -0.493. The first-order chi connectivity index (χ1) is 6.70. The summed E-state index contributed by atoms with van der Waals surface area (Å²) in [6.45, 7) is 0. The Morgan fingerprint density at radius 3 is 2.79 bits per heavy atom. The maximum atomic E-state index is 10.4. The van der Waals surface area contributed by atoms with Crippen molar-refractivity contribution in [2.45, 2.75) is 0 Å². The minimum Gasteiger partial charge on any atom is -0.453 e. The monoisotopic (exact) mass is 191 g/mol. The van der Waals surface area contributed by atoms with Crippen LogP contribution >= 0.6 is 0 Å². The molecule has 0 amide bonds. The molecule has 0 saturated heterocycles. The number of rotatable bonds is 2. The SMILES string of the molecule is O=Cc1cc2cc([N+](=O)[O-])ccc2o1. The molecule has 0 unspecified atom stereocenters. The maximum absolute atomic E-state index is 10.4. The summed E-state index contributed by atoms with van der Waals surface area (Å²) < 4.78 is 5.06. The molecule has 5 heteroatoms. The Bertz CT molecular complexity index is 515. The molecule has 0 aliphatic carbocycles. The minimum absolute atomic E-state index is 0.0178. The number of nitro groups is 1. The number of non-ortho nitro benzene ring substituents is 1. The summed E-state index contributed by atoms with van der Waals surface area (Å²) in [6, 6.07) is 5.64. The third kappa shape index (κ3) is 1.24. The molecule has 5 nitrogen and oxygen atoms in total. The molecule has 0 spiro atoms. The van der Waals surface area contributed by atoms with Crippen molar-refractivity contribution in [3.8, 4) is 0 Å². The van der Waals surface area contributed by atoms with Gasteiger partial charge >= 0.3 is 0 Å². The molecule has 0 aliphatic heterocycles. The van der Waals surface area contributed by atoms with Crippen LogP contribution in [-0.4, -0.2) is 11.2 Å². The number of aldehydes is 1. The second kappa shape index (κ2) is 2.95. The van der Waals surface area contributed by atoms with Crippen molar-refractivity contribution < 1.29 is 14.1 Å². The van der Waals surface area contributed by atoms with Crippen LogP contribution in [-0.2, 0) is 0 Å². The first-order valence-corrected chi connectivity index (χ1v) is 3.84. The van der Waals surface area contributed by atoms with Crippen molar-refractivity contribution in [2.24, 2.45) is 0 Å². The molecule has 2 rings (SSSR count). The lowest BCUT2D eigenvalue weighted by Crippen LogP contribution is -1.85. The molecule has 1 aromatic heterocycles. The molecule has 2 aromatic rings. The Balaban J connectivity index is 2.65. The molecular weight excluding hydrogens is 186 g/mol. The van der Waals surface area contributed by atoms with Crippen LogP contribution in [0.25, 0.3) is 11.0 Å². The molecular formula is C9H5NO4. The quantitative estimate of drug-likeness (QED) is 0.414. The molecule has 1 heterocycles. The van der Waals surface area contributed by atoms with Crippen molar-refractivity contribution >= 4 is 22.9 Å². The molecule has 14 heavy (non-hydrogen) atoms. The van der Waals surface area contributed by atoms with Gasteiger partial charge in [-0.3, -0.25) is 14.9 Å². The molecule has 70 valence electrons. The lowest BCUT2D eigenvalue weighted by atomic mass is 10.2. The number of nitrogens with zero attached hydrogens (tertiary/aromatic N) is 1. The van der Waals surface area contributed by atoms with Gasteiger partial charge in [0.15, 0.2) is 12.0 Å². The number of carbonyl (C=O) groups is 1. The Kier molecular flexibility index (Phi) is 1.78. The third-order valence-electron chi connectivity index (χ3n) is 1.85. The van der Waals surface area contributed by atoms with Gasteiger partial charge in [0, 0.05) is 17.5 Å². The molecule has 0 atom stereocenters. The molecule has 0 radical (unpaired) electrons. The van der Waals surface area contributed by atoms with Gasteiger partial charge in [-0.25, -0.2) is 0 Å². The van der Waals surface area contributed by atoms with Gasteiger partial charge in [0.05, 0.1) is 4.92 Å². The van der Waals surface area contributed by atoms with E-state index < -0.39 is 4.92 Å². The van der Waals surface area contributed by atoms with Gasteiger partial charge in [-0.05, 0) is 12.1 Å². The second-order valence-corrected chi connectivity index (χ2v) is 2.75. The zero-order chi connectivity index (χ0) is 10.1. The van der Waals surface area contributed by atoms with Crippen molar-refractivity contribution in [2.75, 3.05) is 0 Å². The standard InChI is InChI=1S/C9H5NO4/c11-5-8-4-6-3-7(10(12)13)1-2-9(6)14-8/h1-5H. The average molecular weight is 191 g/mol. The second-order valence-electron chi connectivity index (χ2n) is 2.75. The summed E-state index contributed by atoms with van der Waals surface area (Å²) in [7, 11) is 0. The Labute approximate surface area is 78.1 Å². The number of nitro benzene ring substituents is 1. The van der Waals surface area contributed by atoms with Crippen LogP contribution in [0.15, 0.2) is 28.7 Å². The van der Waals surface area contributed by atoms with Gasteiger partial charge in [-0.15, -0.1) is 0 Å². The smallest absolute Gasteiger partial charge is 0.270 e. The molecule has 0 fully saturated rings. The van der Waals surface area contributed by atoms with Crippen LogP contribution in [0.3, 0.4) is 0 Å². The third-order valence-corrected chi connectivity index (χ3v) is 1.85. The molecule has 0 saturated carbocycles. The average Bonchev–Trinajstić information content (AvgIpc) is 2.58. The van der Waals surface area contributed by atoms with E-state index in [0.29, 0.717) is 17.3 Å². The summed E-state index contributed by atoms with van der Waals surface area (Å²) in [4.78, 5) is 20.3. The largest absolute Gasteiger partial charge is 0.453 e. The summed E-state index contributed by atoms with van der Waals surface area (Å²) in [5, 5.41) is 11.0. The summed E-state index contributed by atoms with van der Waals surface area (Å²) in [5.74, 6) is 0.167. The molecule has 0 N–H and O–H groups in total. The highest BCUT2D eigenvalue weighted by atomic mass is 16.6. The van der Waals surface area contributed by atoms with E-state index >= 15 is 0 Å². The van der Waals surface area contributed by atoms with E-state index in [0.717, 1.165) is 0 Å². The Morgan fingerprint density at radius 1 is 1.36 bits per heavy atom. The van der Waals surface area contributed by atoms with Crippen molar-refractivity contribution in [1.82, 2.24) is 0 Å². The highest BCUT2D eigenvalue weighted by Crippen LogP contribution is 2.23. The normalized spacial score (nSPS) is 10.3. The fourth-order valence-electron chi connectivity index (χ4n) is 1.22. The number of hydrogen-bond donors (Lipinski definition) is 0. The van der Waals surface area contributed by atoms with E-state index in [1.165, 1.54) is 24.3 Å². The van der Waals surface area contributed by atoms with Crippen LogP contribution in [0.2, 0.25) is 0 Å². The Hall–Kier alpha value is -2.17. The number of carbonyl (C=O) groups excluding carboxylic acids is 1. The van der Waals surface area contributed by atoms with E-state index in [9.17, 15) is 14.9 Å². The first kappa shape index (κ1) is 8.43. The van der Waals surface area contributed by atoms with Gasteiger partial charge in [-0.2, -0.15) is 0 Å². The number of fused-ring (bicyclic) bond motifs is 1. The van der Waals surface area contributed by atoms with Crippen LogP contribution in [0, 0.1) is 10.1 Å². The topological polar surface area (TPSA) is 73.3 Å². The number of furan rings is 1.